The molecule has 1 unspecified atom stereocenters. The van der Waals surface area contributed by atoms with Gasteiger partial charge in [-0.25, -0.2) is 5.10 Å². The molecule has 5 nitrogen and oxygen atoms in total. The summed E-state index contributed by atoms with van der Waals surface area (Å²) in [6, 6.07) is 2.93. The minimum Gasteiger partial charge on any atom is -0.385 e. The largest absolute Gasteiger partial charge is 0.385 e. The molecule has 88 valence electrons. The lowest BCUT2D eigenvalue weighted by Gasteiger charge is -2.06. The molecule has 3 aromatic rings. The minimum absolute atomic E-state index is 0.285. The van der Waals surface area contributed by atoms with Crippen molar-refractivity contribution in [2.75, 3.05) is 0 Å². The molecule has 1 atom stereocenters. The average molecular weight is 253 g/mol. The average Bonchev–Trinajstić information content (AvgIpc) is 2.75. The molecule has 7 heteroatoms. The highest BCUT2D eigenvalue weighted by atomic mass is 32.1. The van der Waals surface area contributed by atoms with Crippen molar-refractivity contribution in [3.8, 4) is 0 Å². The zero-order valence-electron chi connectivity index (χ0n) is 8.77. The number of aromatic nitrogens is 3. The fourth-order valence-corrected chi connectivity index (χ4v) is 2.68. The minimum atomic E-state index is -0.854. The second kappa shape index (κ2) is 3.38. The van der Waals surface area contributed by atoms with Crippen molar-refractivity contribution in [3.63, 3.8) is 0 Å². The topological polar surface area (TPSA) is 70.4 Å². The van der Waals surface area contributed by atoms with Crippen LogP contribution in [0.3, 0.4) is 0 Å². The molecule has 3 rings (SSSR count). The standard InChI is InChI=1S/C10H8FN3O2S/c1-4(15)9-12-13-10(16)6-2-7-5(14(6)9)3-8(11)17-7/h2-4,15H,1H3,(H,13,16). The molecular formula is C10H8FN3O2S. The van der Waals surface area contributed by atoms with Crippen LogP contribution in [-0.2, 0) is 0 Å². The molecule has 0 radical (unpaired) electrons. The quantitative estimate of drug-likeness (QED) is 0.689. The van der Waals surface area contributed by atoms with Crippen molar-refractivity contribution < 1.29 is 9.50 Å². The highest BCUT2D eigenvalue weighted by molar-refractivity contribution is 7.17. The van der Waals surface area contributed by atoms with Crippen molar-refractivity contribution in [1.82, 2.24) is 14.6 Å². The third kappa shape index (κ3) is 1.39. The van der Waals surface area contributed by atoms with E-state index in [-0.39, 0.29) is 16.5 Å². The molecule has 0 aliphatic rings. The van der Waals surface area contributed by atoms with E-state index in [4.69, 9.17) is 0 Å². The van der Waals surface area contributed by atoms with Crippen LogP contribution in [0, 0.1) is 5.13 Å². The molecule has 3 aromatic heterocycles. The molecule has 0 saturated carbocycles. The van der Waals surface area contributed by atoms with Crippen LogP contribution >= 0.6 is 11.3 Å². The Balaban J connectivity index is 2.58. The number of nitrogens with one attached hydrogen (secondary N) is 1. The Bertz CT molecular complexity index is 771. The van der Waals surface area contributed by atoms with E-state index in [1.54, 1.807) is 6.07 Å². The predicted octanol–water partition coefficient (Wildman–Crippen LogP) is 1.43. The highest BCUT2D eigenvalue weighted by Crippen LogP contribution is 2.28. The van der Waals surface area contributed by atoms with Gasteiger partial charge in [-0.05, 0) is 13.0 Å². The van der Waals surface area contributed by atoms with Gasteiger partial charge >= 0.3 is 0 Å². The summed E-state index contributed by atoms with van der Waals surface area (Å²) in [5, 5.41) is 15.4. The molecule has 3 heterocycles. The lowest BCUT2D eigenvalue weighted by Crippen LogP contribution is -2.16. The molecule has 17 heavy (non-hydrogen) atoms. The number of nitrogens with zero attached hydrogens (tertiary/aromatic N) is 2. The summed E-state index contributed by atoms with van der Waals surface area (Å²) in [5.41, 5.74) is 0.548. The number of H-pyrrole nitrogens is 1. The number of thiophene rings is 1. The summed E-state index contributed by atoms with van der Waals surface area (Å²) in [6.07, 6.45) is -0.854. The summed E-state index contributed by atoms with van der Waals surface area (Å²) in [4.78, 5) is 11.6. The Hall–Kier alpha value is -1.73. The fraction of sp³-hybridized carbons (Fsp3) is 0.200. The van der Waals surface area contributed by atoms with Gasteiger partial charge in [0.05, 0.1) is 10.2 Å². The molecule has 0 fully saturated rings. The number of halogens is 1. The van der Waals surface area contributed by atoms with Crippen LogP contribution < -0.4 is 5.56 Å². The highest BCUT2D eigenvalue weighted by Gasteiger charge is 2.16. The van der Waals surface area contributed by atoms with Crippen LogP contribution in [0.25, 0.3) is 15.7 Å². The van der Waals surface area contributed by atoms with Crippen LogP contribution in [0.2, 0.25) is 0 Å². The normalized spacial score (nSPS) is 13.6. The van der Waals surface area contributed by atoms with Crippen LogP contribution in [-0.4, -0.2) is 19.7 Å². The second-order valence-electron chi connectivity index (χ2n) is 3.75. The zero-order valence-corrected chi connectivity index (χ0v) is 9.58. The molecule has 0 aliphatic carbocycles. The van der Waals surface area contributed by atoms with E-state index in [0.29, 0.717) is 15.7 Å². The molecule has 0 amide bonds. The molecule has 2 N–H and O–H groups in total. The van der Waals surface area contributed by atoms with Crippen molar-refractivity contribution in [2.24, 2.45) is 0 Å². The van der Waals surface area contributed by atoms with Gasteiger partial charge < -0.3 is 5.11 Å². The van der Waals surface area contributed by atoms with Crippen molar-refractivity contribution >= 4 is 27.1 Å². The SMILES string of the molecule is CC(O)c1n[nH]c(=O)c2cc3sc(F)cc3n12. The monoisotopic (exact) mass is 253 g/mol. The summed E-state index contributed by atoms with van der Waals surface area (Å²) in [5.74, 6) is 0.285. The van der Waals surface area contributed by atoms with Gasteiger partial charge in [-0.2, -0.15) is 9.49 Å². The van der Waals surface area contributed by atoms with Crippen LogP contribution in [0.5, 0.6) is 0 Å². The summed E-state index contributed by atoms with van der Waals surface area (Å²) in [7, 11) is 0. The Labute approximate surface area is 98.1 Å². The number of aromatic amines is 1. The third-order valence-electron chi connectivity index (χ3n) is 2.57. The number of hydrogen-bond donors (Lipinski definition) is 2. The number of aliphatic hydroxyl groups is 1. The van der Waals surface area contributed by atoms with E-state index in [1.807, 2.05) is 0 Å². The molecule has 0 saturated heterocycles. The van der Waals surface area contributed by atoms with Gasteiger partial charge in [0.25, 0.3) is 5.56 Å². The van der Waals surface area contributed by atoms with E-state index >= 15 is 0 Å². The number of fused-ring (bicyclic) bond motifs is 3. The van der Waals surface area contributed by atoms with Crippen LogP contribution in [0.1, 0.15) is 18.9 Å². The van der Waals surface area contributed by atoms with Gasteiger partial charge in [0.15, 0.2) is 11.0 Å². The van der Waals surface area contributed by atoms with Crippen LogP contribution in [0.15, 0.2) is 16.9 Å². The molecule has 0 spiro atoms. The van der Waals surface area contributed by atoms with Gasteiger partial charge in [0.1, 0.15) is 11.6 Å². The molecular weight excluding hydrogens is 245 g/mol. The Kier molecular flexibility index (Phi) is 2.07. The van der Waals surface area contributed by atoms with E-state index in [1.165, 1.54) is 17.4 Å². The second-order valence-corrected chi connectivity index (χ2v) is 4.79. The van der Waals surface area contributed by atoms with Gasteiger partial charge in [-0.3, -0.25) is 9.20 Å². The predicted molar refractivity (Wildman–Crippen MR) is 61.8 cm³/mol. The zero-order chi connectivity index (χ0) is 12.2. The number of hydrogen-bond acceptors (Lipinski definition) is 4. The fourth-order valence-electron chi connectivity index (χ4n) is 1.87. The van der Waals surface area contributed by atoms with Gasteiger partial charge in [-0.15, -0.1) is 11.3 Å². The van der Waals surface area contributed by atoms with Crippen molar-refractivity contribution in [2.45, 2.75) is 13.0 Å². The molecule has 0 bridgehead atoms. The summed E-state index contributed by atoms with van der Waals surface area (Å²) < 4.78 is 15.3. The Morgan fingerprint density at radius 3 is 3.00 bits per heavy atom. The number of aliphatic hydroxyl groups excluding tert-OH is 1. The van der Waals surface area contributed by atoms with Crippen molar-refractivity contribution in [3.05, 3.63) is 33.4 Å². The molecule has 0 aromatic carbocycles. The first-order valence-corrected chi connectivity index (χ1v) is 5.76. The van der Waals surface area contributed by atoms with E-state index in [0.717, 1.165) is 11.3 Å². The summed E-state index contributed by atoms with van der Waals surface area (Å²) >= 11 is 0.957. The van der Waals surface area contributed by atoms with E-state index < -0.39 is 6.10 Å². The first kappa shape index (κ1) is 10.4. The van der Waals surface area contributed by atoms with Crippen LogP contribution in [0.4, 0.5) is 4.39 Å². The lowest BCUT2D eigenvalue weighted by atomic mass is 10.4. The summed E-state index contributed by atoms with van der Waals surface area (Å²) in [6.45, 7) is 1.54. The first-order valence-electron chi connectivity index (χ1n) is 4.95. The van der Waals surface area contributed by atoms with Gasteiger partial charge in [0, 0.05) is 6.07 Å². The smallest absolute Gasteiger partial charge is 0.288 e. The maximum atomic E-state index is 13.2. The van der Waals surface area contributed by atoms with E-state index in [9.17, 15) is 14.3 Å². The number of rotatable bonds is 1. The van der Waals surface area contributed by atoms with E-state index in [2.05, 4.69) is 10.2 Å². The Morgan fingerprint density at radius 2 is 2.29 bits per heavy atom. The molecule has 0 aliphatic heterocycles. The lowest BCUT2D eigenvalue weighted by molar-refractivity contribution is 0.186. The maximum Gasteiger partial charge on any atom is 0.288 e. The van der Waals surface area contributed by atoms with Crippen molar-refractivity contribution in [1.29, 1.82) is 0 Å². The van der Waals surface area contributed by atoms with Gasteiger partial charge in [-0.1, -0.05) is 0 Å². The first-order chi connectivity index (χ1) is 8.08. The Morgan fingerprint density at radius 1 is 1.53 bits per heavy atom. The third-order valence-corrected chi connectivity index (χ3v) is 3.43. The van der Waals surface area contributed by atoms with Gasteiger partial charge in [0.2, 0.25) is 0 Å². The maximum absolute atomic E-state index is 13.2.